The summed E-state index contributed by atoms with van der Waals surface area (Å²) in [6.45, 7) is 2.01. The molecule has 0 saturated heterocycles. The van der Waals surface area contributed by atoms with Gasteiger partial charge in [0.25, 0.3) is 0 Å². The van der Waals surface area contributed by atoms with Gasteiger partial charge < -0.3 is 14.5 Å². The van der Waals surface area contributed by atoms with Crippen molar-refractivity contribution in [2.24, 2.45) is 4.99 Å². The van der Waals surface area contributed by atoms with E-state index in [2.05, 4.69) is 4.98 Å². The fourth-order valence-electron chi connectivity index (χ4n) is 4.05. The monoisotopic (exact) mass is 396 g/mol. The predicted octanol–water partition coefficient (Wildman–Crippen LogP) is 4.73. The second-order valence-corrected chi connectivity index (χ2v) is 7.28. The first-order chi connectivity index (χ1) is 14.6. The molecule has 5 rings (SSSR count). The topological polar surface area (TPSA) is 63.7 Å². The number of carbonyl (C=O) groups excluding carboxylic acids is 1. The van der Waals surface area contributed by atoms with Crippen LogP contribution >= 0.6 is 0 Å². The summed E-state index contributed by atoms with van der Waals surface area (Å²) in [7, 11) is 1.61. The van der Waals surface area contributed by atoms with E-state index in [1.165, 1.54) is 0 Å². The van der Waals surface area contributed by atoms with Gasteiger partial charge in [-0.3, -0.25) is 0 Å². The van der Waals surface area contributed by atoms with Crippen LogP contribution in [0.2, 0.25) is 0 Å². The molecular weight excluding hydrogens is 376 g/mol. The number of ether oxygens (including phenoxy) is 2. The van der Waals surface area contributed by atoms with Crippen LogP contribution in [0.15, 0.2) is 83.9 Å². The summed E-state index contributed by atoms with van der Waals surface area (Å²) in [5.74, 6) is 0.600. The van der Waals surface area contributed by atoms with Crippen molar-refractivity contribution < 1.29 is 14.3 Å². The molecule has 1 aromatic heterocycles. The van der Waals surface area contributed by atoms with E-state index in [9.17, 15) is 4.79 Å². The molecule has 5 nitrogen and oxygen atoms in total. The molecule has 1 aliphatic heterocycles. The molecule has 3 aromatic carbocycles. The minimum absolute atomic E-state index is 0.296. The van der Waals surface area contributed by atoms with Crippen molar-refractivity contribution in [2.45, 2.75) is 12.5 Å². The summed E-state index contributed by atoms with van der Waals surface area (Å²) >= 11 is 0. The zero-order chi connectivity index (χ0) is 20.7. The highest BCUT2D eigenvalue weighted by molar-refractivity contribution is 6.10. The van der Waals surface area contributed by atoms with E-state index in [1.54, 1.807) is 7.11 Å². The van der Waals surface area contributed by atoms with E-state index >= 15 is 0 Å². The number of aromatic amines is 1. The Morgan fingerprint density at radius 1 is 0.933 bits per heavy atom. The molecule has 0 bridgehead atoms. The number of cyclic esters (lactones) is 1. The first kappa shape index (κ1) is 18.2. The van der Waals surface area contributed by atoms with Crippen molar-refractivity contribution in [1.29, 1.82) is 0 Å². The molecule has 0 saturated carbocycles. The van der Waals surface area contributed by atoms with Crippen molar-refractivity contribution >= 4 is 22.8 Å². The molecule has 0 fully saturated rings. The average Bonchev–Trinajstić information content (AvgIpc) is 3.32. The lowest BCUT2D eigenvalue weighted by atomic mass is 9.85. The number of aromatic nitrogens is 1. The molecule has 1 aliphatic rings. The maximum atomic E-state index is 13.5. The lowest BCUT2D eigenvalue weighted by Gasteiger charge is -2.22. The maximum absolute atomic E-state index is 13.5. The quantitative estimate of drug-likeness (QED) is 0.507. The molecule has 148 valence electrons. The molecule has 0 spiro atoms. The number of methoxy groups -OCH3 is 1. The largest absolute Gasteiger partial charge is 0.497 e. The Morgan fingerprint density at radius 2 is 1.63 bits per heavy atom. The van der Waals surface area contributed by atoms with Crippen molar-refractivity contribution in [3.05, 3.63) is 101 Å². The van der Waals surface area contributed by atoms with Crippen LogP contribution in [0, 0.1) is 6.92 Å². The number of hydrogen-bond donors (Lipinski definition) is 1. The minimum Gasteiger partial charge on any atom is -0.497 e. The number of rotatable bonds is 4. The number of para-hydroxylation sites is 1. The standard InChI is InChI=1S/C25H20N2O3/c1-16-20-10-6-7-11-21(20)26-22(16)25(18-8-4-3-5-9-18)24(28)30-23(27-25)17-12-14-19(29-2)15-13-17/h3-15,26H,1-2H3. The summed E-state index contributed by atoms with van der Waals surface area (Å²) in [5, 5.41) is 1.06. The molecule has 0 amide bonds. The van der Waals surface area contributed by atoms with Crippen molar-refractivity contribution in [2.75, 3.05) is 7.11 Å². The van der Waals surface area contributed by atoms with Crippen LogP contribution in [-0.2, 0) is 15.1 Å². The molecule has 1 atom stereocenters. The summed E-state index contributed by atoms with van der Waals surface area (Å²) in [6, 6.07) is 24.9. The number of nitrogens with zero attached hydrogens (tertiary/aromatic N) is 1. The lowest BCUT2D eigenvalue weighted by molar-refractivity contribution is -0.138. The Labute approximate surface area is 174 Å². The van der Waals surface area contributed by atoms with Gasteiger partial charge in [0.05, 0.1) is 12.8 Å². The summed E-state index contributed by atoms with van der Waals surface area (Å²) in [4.78, 5) is 21.8. The van der Waals surface area contributed by atoms with Crippen LogP contribution in [0.3, 0.4) is 0 Å². The van der Waals surface area contributed by atoms with E-state index in [1.807, 2.05) is 85.8 Å². The predicted molar refractivity (Wildman–Crippen MR) is 116 cm³/mol. The molecule has 4 aromatic rings. The number of carbonyl (C=O) groups is 1. The third-order valence-corrected chi connectivity index (χ3v) is 5.61. The number of esters is 1. The van der Waals surface area contributed by atoms with Gasteiger partial charge in [-0.15, -0.1) is 0 Å². The van der Waals surface area contributed by atoms with Gasteiger partial charge in [0, 0.05) is 16.5 Å². The zero-order valence-corrected chi connectivity index (χ0v) is 16.7. The lowest BCUT2D eigenvalue weighted by Crippen LogP contribution is -2.33. The second-order valence-electron chi connectivity index (χ2n) is 7.28. The number of aryl methyl sites for hydroxylation is 1. The summed E-state index contributed by atoms with van der Waals surface area (Å²) < 4.78 is 11.0. The fourth-order valence-corrected chi connectivity index (χ4v) is 4.05. The number of aliphatic imine (C=N–C) groups is 1. The van der Waals surface area contributed by atoms with E-state index in [-0.39, 0.29) is 0 Å². The number of fused-ring (bicyclic) bond motifs is 1. The van der Waals surface area contributed by atoms with Crippen LogP contribution < -0.4 is 4.74 Å². The van der Waals surface area contributed by atoms with Crippen molar-refractivity contribution in [3.63, 3.8) is 0 Å². The average molecular weight is 396 g/mol. The fraction of sp³-hybridized carbons (Fsp3) is 0.120. The van der Waals surface area contributed by atoms with Gasteiger partial charge in [0.2, 0.25) is 11.4 Å². The Morgan fingerprint density at radius 3 is 2.33 bits per heavy atom. The molecular formula is C25H20N2O3. The van der Waals surface area contributed by atoms with Gasteiger partial charge in [-0.05, 0) is 48.4 Å². The first-order valence-electron chi connectivity index (χ1n) is 9.73. The highest BCUT2D eigenvalue weighted by Gasteiger charge is 2.51. The number of H-pyrrole nitrogens is 1. The third-order valence-electron chi connectivity index (χ3n) is 5.61. The van der Waals surface area contributed by atoms with Gasteiger partial charge in [-0.1, -0.05) is 48.5 Å². The minimum atomic E-state index is -1.29. The van der Waals surface area contributed by atoms with E-state index in [4.69, 9.17) is 14.5 Å². The number of nitrogens with one attached hydrogen (secondary N) is 1. The SMILES string of the molecule is COc1ccc(C2=NC(c3ccccc3)(c3[nH]c4ccccc4c3C)C(=O)O2)cc1. The van der Waals surface area contributed by atoms with E-state index in [0.717, 1.165) is 39.0 Å². The normalized spacial score (nSPS) is 18.3. The summed E-state index contributed by atoms with van der Waals surface area (Å²) in [5.41, 5.74) is 2.85. The van der Waals surface area contributed by atoms with Gasteiger partial charge >= 0.3 is 5.97 Å². The van der Waals surface area contributed by atoms with E-state index in [0.29, 0.717) is 5.90 Å². The molecule has 1 N–H and O–H groups in total. The van der Waals surface area contributed by atoms with Crippen LogP contribution in [0.25, 0.3) is 10.9 Å². The maximum Gasteiger partial charge on any atom is 0.351 e. The molecule has 30 heavy (non-hydrogen) atoms. The van der Waals surface area contributed by atoms with Crippen LogP contribution in [0.5, 0.6) is 5.75 Å². The Bertz CT molecular complexity index is 1270. The van der Waals surface area contributed by atoms with Gasteiger partial charge in [-0.2, -0.15) is 0 Å². The first-order valence-corrected chi connectivity index (χ1v) is 9.73. The Balaban J connectivity index is 1.75. The second kappa shape index (κ2) is 6.88. The Kier molecular flexibility index (Phi) is 4.17. The number of benzene rings is 3. The van der Waals surface area contributed by atoms with Gasteiger partial charge in [0.1, 0.15) is 5.75 Å². The molecule has 1 unspecified atom stereocenters. The van der Waals surface area contributed by atoms with Gasteiger partial charge in [-0.25, -0.2) is 9.79 Å². The van der Waals surface area contributed by atoms with Crippen molar-refractivity contribution in [3.8, 4) is 5.75 Å². The van der Waals surface area contributed by atoms with Crippen molar-refractivity contribution in [1.82, 2.24) is 4.98 Å². The van der Waals surface area contributed by atoms with E-state index < -0.39 is 11.5 Å². The highest BCUT2D eigenvalue weighted by Crippen LogP contribution is 2.42. The number of hydrogen-bond acceptors (Lipinski definition) is 4. The third kappa shape index (κ3) is 2.63. The molecule has 5 heteroatoms. The van der Waals surface area contributed by atoms with Gasteiger partial charge in [0.15, 0.2) is 0 Å². The summed E-state index contributed by atoms with van der Waals surface area (Å²) in [6.07, 6.45) is 0. The van der Waals surface area contributed by atoms with Crippen LogP contribution in [-0.4, -0.2) is 24.0 Å². The molecule has 0 radical (unpaired) electrons. The molecule has 2 heterocycles. The van der Waals surface area contributed by atoms with Crippen LogP contribution in [0.1, 0.15) is 22.4 Å². The zero-order valence-electron chi connectivity index (χ0n) is 16.7. The molecule has 0 aliphatic carbocycles. The highest BCUT2D eigenvalue weighted by atomic mass is 16.6. The Hall–Kier alpha value is -3.86. The smallest absolute Gasteiger partial charge is 0.351 e. The van der Waals surface area contributed by atoms with Crippen LogP contribution in [0.4, 0.5) is 0 Å².